The van der Waals surface area contributed by atoms with Crippen LogP contribution in [0.1, 0.15) is 64.7 Å². The van der Waals surface area contributed by atoms with Crippen molar-refractivity contribution in [1.82, 2.24) is 0 Å². The van der Waals surface area contributed by atoms with Crippen LogP contribution in [0.4, 0.5) is 0 Å². The molecule has 0 heterocycles. The Bertz CT molecular complexity index is 408. The van der Waals surface area contributed by atoms with Crippen LogP contribution in [0.2, 0.25) is 0 Å². The first-order chi connectivity index (χ1) is 11.7. The van der Waals surface area contributed by atoms with E-state index in [-0.39, 0.29) is 6.10 Å². The van der Waals surface area contributed by atoms with Gasteiger partial charge in [-0.25, -0.2) is 0 Å². The van der Waals surface area contributed by atoms with Crippen molar-refractivity contribution >= 4 is 6.21 Å². The summed E-state index contributed by atoms with van der Waals surface area (Å²) in [6.07, 6.45) is 13.2. The van der Waals surface area contributed by atoms with E-state index in [1.807, 2.05) is 6.21 Å². The fraction of sp³-hybridized carbons (Fsp3) is 0.950. The summed E-state index contributed by atoms with van der Waals surface area (Å²) in [5.74, 6) is 3.88. The third kappa shape index (κ3) is 4.13. The van der Waals surface area contributed by atoms with Crippen molar-refractivity contribution in [1.29, 1.82) is 0 Å². The molecule has 0 bridgehead atoms. The topological polar surface area (TPSA) is 67.8 Å². The van der Waals surface area contributed by atoms with Gasteiger partial charge in [-0.05, 0) is 61.8 Å². The molecule has 3 fully saturated rings. The molecule has 6 atom stereocenters. The van der Waals surface area contributed by atoms with Crippen molar-refractivity contribution in [2.45, 2.75) is 70.8 Å². The van der Waals surface area contributed by atoms with Gasteiger partial charge in [-0.3, -0.25) is 0 Å². The standard InChI is InChI=1S/C20H36N2O2/c1-14-10-16(15-6-3-2-4-7-15)11-18-19(23)12-17(20(14)18)13-22-24-9-5-8-21/h13-20,23H,2-12,21H2,1H3/b22-13+/t14?,16-,17+,18+,19?,20+/m0/s1. The third-order valence-corrected chi connectivity index (χ3v) is 6.99. The van der Waals surface area contributed by atoms with Crippen LogP contribution >= 0.6 is 0 Å². The van der Waals surface area contributed by atoms with Gasteiger partial charge in [0.15, 0.2) is 0 Å². The quantitative estimate of drug-likeness (QED) is 0.442. The van der Waals surface area contributed by atoms with Crippen LogP contribution in [0.25, 0.3) is 0 Å². The van der Waals surface area contributed by atoms with E-state index < -0.39 is 0 Å². The number of rotatable bonds is 6. The lowest BCUT2D eigenvalue weighted by Gasteiger charge is -2.43. The minimum absolute atomic E-state index is 0.149. The van der Waals surface area contributed by atoms with Gasteiger partial charge in [0.1, 0.15) is 6.61 Å². The maximum Gasteiger partial charge on any atom is 0.118 e. The van der Waals surface area contributed by atoms with Crippen LogP contribution in [0.5, 0.6) is 0 Å². The van der Waals surface area contributed by atoms with E-state index in [0.29, 0.717) is 36.8 Å². The van der Waals surface area contributed by atoms with E-state index in [1.54, 1.807) is 0 Å². The fourth-order valence-corrected chi connectivity index (χ4v) is 5.90. The molecule has 0 amide bonds. The number of aliphatic hydroxyl groups is 1. The lowest BCUT2D eigenvalue weighted by atomic mass is 9.62. The Kier molecular flexibility index (Phi) is 6.56. The van der Waals surface area contributed by atoms with Gasteiger partial charge in [0.2, 0.25) is 0 Å². The first-order valence-corrected chi connectivity index (χ1v) is 10.2. The van der Waals surface area contributed by atoms with Crippen LogP contribution in [0, 0.1) is 35.5 Å². The molecule has 3 aliphatic carbocycles. The summed E-state index contributed by atoms with van der Waals surface area (Å²) in [5, 5.41) is 14.8. The van der Waals surface area contributed by atoms with Crippen molar-refractivity contribution in [3.63, 3.8) is 0 Å². The van der Waals surface area contributed by atoms with Gasteiger partial charge in [0.25, 0.3) is 0 Å². The van der Waals surface area contributed by atoms with Crippen molar-refractivity contribution in [3.05, 3.63) is 0 Å². The summed E-state index contributed by atoms with van der Waals surface area (Å²) in [6, 6.07) is 0. The molecular formula is C20H36N2O2. The molecule has 0 saturated heterocycles. The molecule has 24 heavy (non-hydrogen) atoms. The second-order valence-corrected chi connectivity index (χ2v) is 8.54. The highest BCUT2D eigenvalue weighted by Crippen LogP contribution is 2.52. The van der Waals surface area contributed by atoms with Crippen molar-refractivity contribution in [2.24, 2.45) is 46.4 Å². The summed E-state index contributed by atoms with van der Waals surface area (Å²) >= 11 is 0. The minimum atomic E-state index is -0.149. The first-order valence-electron chi connectivity index (χ1n) is 10.2. The maximum atomic E-state index is 10.7. The second kappa shape index (κ2) is 8.66. The molecule has 0 aromatic carbocycles. The minimum Gasteiger partial charge on any atom is -0.396 e. The number of nitrogens with two attached hydrogens (primary N) is 1. The highest BCUT2D eigenvalue weighted by molar-refractivity contribution is 5.61. The second-order valence-electron chi connectivity index (χ2n) is 8.54. The number of oxime groups is 1. The van der Waals surface area contributed by atoms with Gasteiger partial charge in [-0.15, -0.1) is 0 Å². The molecule has 0 spiro atoms. The van der Waals surface area contributed by atoms with Gasteiger partial charge < -0.3 is 15.7 Å². The number of aliphatic hydroxyl groups excluding tert-OH is 1. The maximum absolute atomic E-state index is 10.7. The summed E-state index contributed by atoms with van der Waals surface area (Å²) in [4.78, 5) is 5.31. The zero-order valence-electron chi connectivity index (χ0n) is 15.3. The van der Waals surface area contributed by atoms with E-state index in [9.17, 15) is 5.11 Å². The van der Waals surface area contributed by atoms with Crippen LogP contribution < -0.4 is 5.73 Å². The molecule has 0 radical (unpaired) electrons. The van der Waals surface area contributed by atoms with Gasteiger partial charge in [-0.2, -0.15) is 0 Å². The number of fused-ring (bicyclic) bond motifs is 1. The predicted octanol–water partition coefficient (Wildman–Crippen LogP) is 3.58. The number of hydrogen-bond donors (Lipinski definition) is 2. The molecule has 3 saturated carbocycles. The average molecular weight is 337 g/mol. The van der Waals surface area contributed by atoms with Crippen molar-refractivity contribution in [2.75, 3.05) is 13.2 Å². The van der Waals surface area contributed by atoms with Crippen LogP contribution in [0.3, 0.4) is 0 Å². The number of nitrogens with zero attached hydrogens (tertiary/aromatic N) is 1. The molecule has 3 aliphatic rings. The molecule has 0 aliphatic heterocycles. The van der Waals surface area contributed by atoms with E-state index in [0.717, 1.165) is 24.7 Å². The molecule has 3 rings (SSSR count). The predicted molar refractivity (Wildman–Crippen MR) is 97.7 cm³/mol. The largest absolute Gasteiger partial charge is 0.396 e. The molecule has 0 aromatic rings. The van der Waals surface area contributed by atoms with Gasteiger partial charge in [-0.1, -0.05) is 44.2 Å². The third-order valence-electron chi connectivity index (χ3n) is 6.99. The lowest BCUT2D eigenvalue weighted by Crippen LogP contribution is -2.37. The summed E-state index contributed by atoms with van der Waals surface area (Å²) < 4.78 is 0. The Hall–Kier alpha value is -0.610. The Morgan fingerprint density at radius 1 is 1.12 bits per heavy atom. The van der Waals surface area contributed by atoms with Gasteiger partial charge >= 0.3 is 0 Å². The van der Waals surface area contributed by atoms with E-state index >= 15 is 0 Å². The summed E-state index contributed by atoms with van der Waals surface area (Å²) in [7, 11) is 0. The molecule has 2 unspecified atom stereocenters. The molecular weight excluding hydrogens is 300 g/mol. The molecule has 0 aromatic heterocycles. The molecule has 3 N–H and O–H groups in total. The Morgan fingerprint density at radius 3 is 2.67 bits per heavy atom. The van der Waals surface area contributed by atoms with E-state index in [1.165, 1.54) is 44.9 Å². The van der Waals surface area contributed by atoms with E-state index in [2.05, 4.69) is 12.1 Å². The van der Waals surface area contributed by atoms with Gasteiger partial charge in [0.05, 0.1) is 6.10 Å². The summed E-state index contributed by atoms with van der Waals surface area (Å²) in [6.45, 7) is 3.64. The fourth-order valence-electron chi connectivity index (χ4n) is 5.90. The molecule has 4 nitrogen and oxygen atoms in total. The molecule has 4 heteroatoms. The Labute approximate surface area is 147 Å². The normalized spacial score (nSPS) is 40.8. The first kappa shape index (κ1) is 18.2. The Balaban J connectivity index is 1.58. The smallest absolute Gasteiger partial charge is 0.118 e. The monoisotopic (exact) mass is 336 g/mol. The highest BCUT2D eigenvalue weighted by Gasteiger charge is 2.49. The SMILES string of the molecule is CC1C[C@H](C2CCCCC2)C[C@@H]2C(O)C[C@H](/C=N/OCCCN)[C@@H]12. The Morgan fingerprint density at radius 2 is 1.92 bits per heavy atom. The average Bonchev–Trinajstić information content (AvgIpc) is 2.92. The van der Waals surface area contributed by atoms with Crippen LogP contribution in [-0.4, -0.2) is 30.6 Å². The van der Waals surface area contributed by atoms with Gasteiger partial charge in [0, 0.05) is 12.1 Å². The lowest BCUT2D eigenvalue weighted by molar-refractivity contribution is 0.0264. The highest BCUT2D eigenvalue weighted by atomic mass is 16.6. The van der Waals surface area contributed by atoms with Crippen LogP contribution in [0.15, 0.2) is 5.16 Å². The molecule has 138 valence electrons. The van der Waals surface area contributed by atoms with E-state index in [4.69, 9.17) is 10.6 Å². The number of hydrogen-bond acceptors (Lipinski definition) is 4. The summed E-state index contributed by atoms with van der Waals surface area (Å²) in [5.41, 5.74) is 5.47. The van der Waals surface area contributed by atoms with Crippen molar-refractivity contribution < 1.29 is 9.94 Å². The van der Waals surface area contributed by atoms with Crippen LogP contribution in [-0.2, 0) is 4.84 Å². The van der Waals surface area contributed by atoms with Crippen molar-refractivity contribution in [3.8, 4) is 0 Å². The zero-order valence-corrected chi connectivity index (χ0v) is 15.3. The zero-order chi connectivity index (χ0) is 16.9.